The van der Waals surface area contributed by atoms with Crippen LogP contribution in [0.1, 0.15) is 60.9 Å². The Morgan fingerprint density at radius 3 is 1.19 bits per heavy atom. The molecule has 0 radical (unpaired) electrons. The fraction of sp³-hybridized carbons (Fsp3) is 0.286. The number of methoxy groups -OCH3 is 2. The first kappa shape index (κ1) is 47.7. The third-order valence-electron chi connectivity index (χ3n) is 5.38. The first-order valence-electron chi connectivity index (χ1n) is 12.5. The predicted molar refractivity (Wildman–Crippen MR) is 181 cm³/mol. The Hall–Kier alpha value is -2.46. The Labute approximate surface area is 316 Å². The van der Waals surface area contributed by atoms with Gasteiger partial charge in [-0.3, -0.25) is 0 Å². The molecule has 4 aromatic rings. The molecule has 260 valence electrons. The van der Waals surface area contributed by atoms with Crippen molar-refractivity contribution < 1.29 is 90.7 Å². The van der Waals surface area contributed by atoms with Crippen LogP contribution in [-0.4, -0.2) is 83.1 Å². The number of carbonyl (C=O) groups excluding carboxylic acids is 2. The van der Waals surface area contributed by atoms with E-state index in [9.17, 15) is 36.0 Å². The van der Waals surface area contributed by atoms with Crippen molar-refractivity contribution in [3.8, 4) is 0 Å². The quantitative estimate of drug-likeness (QED) is 0.212. The van der Waals surface area contributed by atoms with Crippen LogP contribution in [0.3, 0.4) is 0 Å². The summed E-state index contributed by atoms with van der Waals surface area (Å²) in [4.78, 5) is 44.5. The molecule has 0 saturated carbocycles. The van der Waals surface area contributed by atoms with Gasteiger partial charge in [0.05, 0.1) is 14.2 Å². The number of carboxylic acids is 2. The van der Waals surface area contributed by atoms with Gasteiger partial charge in [0.25, 0.3) is 0 Å². The van der Waals surface area contributed by atoms with Gasteiger partial charge in [-0.05, 0) is 85.0 Å². The van der Waals surface area contributed by atoms with Crippen LogP contribution in [0.5, 0.6) is 0 Å². The van der Waals surface area contributed by atoms with Gasteiger partial charge in [-0.25, -0.2) is 36.0 Å². The fourth-order valence-electron chi connectivity index (χ4n) is 3.05. The largest absolute Gasteiger partial charge is 1.00 e. The van der Waals surface area contributed by atoms with Gasteiger partial charge < -0.3 is 25.2 Å². The van der Waals surface area contributed by atoms with Crippen LogP contribution in [0.2, 0.25) is 0 Å². The molecule has 0 bridgehead atoms. The second kappa shape index (κ2) is 20.9. The Bertz CT molecular complexity index is 1910. The van der Waals surface area contributed by atoms with Crippen molar-refractivity contribution in [3.05, 3.63) is 76.8 Å². The minimum Gasteiger partial charge on any atom is -0.870 e. The van der Waals surface area contributed by atoms with Gasteiger partial charge in [0.15, 0.2) is 19.7 Å². The zero-order valence-electron chi connectivity index (χ0n) is 27.3. The number of sulfone groups is 2. The van der Waals surface area contributed by atoms with Gasteiger partial charge in [0.1, 0.15) is 27.9 Å². The summed E-state index contributed by atoms with van der Waals surface area (Å²) < 4.78 is 53.8. The number of thiophene rings is 4. The number of rotatable bonds is 6. The predicted octanol–water partition coefficient (Wildman–Crippen LogP) is 2.83. The van der Waals surface area contributed by atoms with Crippen LogP contribution >= 0.6 is 45.3 Å². The molecule has 0 amide bonds. The minimum atomic E-state index is -3.28. The Kier molecular flexibility index (Phi) is 20.8. The van der Waals surface area contributed by atoms with E-state index in [1.165, 1.54) is 49.0 Å². The monoisotopic (exact) mass is 792 g/mol. The van der Waals surface area contributed by atoms with Crippen LogP contribution in [0, 0.1) is 27.7 Å². The molecule has 0 aliphatic heterocycles. The van der Waals surface area contributed by atoms with Gasteiger partial charge in [-0.2, -0.15) is 0 Å². The van der Waals surface area contributed by atoms with Crippen molar-refractivity contribution in [3.63, 3.8) is 0 Å². The van der Waals surface area contributed by atoms with Crippen LogP contribution in [-0.2, 0) is 29.1 Å². The molecule has 0 atom stereocenters. The summed E-state index contributed by atoms with van der Waals surface area (Å²) >= 11 is 4.39. The van der Waals surface area contributed by atoms with E-state index in [0.29, 0.717) is 25.8 Å². The average Bonchev–Trinajstić information content (AvgIpc) is 3.75. The minimum absolute atomic E-state index is 0. The van der Waals surface area contributed by atoms with E-state index in [1.54, 1.807) is 32.2 Å². The van der Waals surface area contributed by atoms with E-state index < -0.39 is 37.6 Å². The van der Waals surface area contributed by atoms with E-state index in [1.807, 2.05) is 18.4 Å². The van der Waals surface area contributed by atoms with Crippen molar-refractivity contribution in [2.24, 2.45) is 0 Å². The molecule has 0 aliphatic carbocycles. The molecular weight excluding hydrogens is 760 g/mol. The Morgan fingerprint density at radius 1 is 0.604 bits per heavy atom. The normalized spacial score (nSPS) is 10.2. The zero-order chi connectivity index (χ0) is 35.6. The van der Waals surface area contributed by atoms with Gasteiger partial charge >= 0.3 is 53.4 Å². The number of hydrogen-bond donors (Lipinski definition) is 2. The van der Waals surface area contributed by atoms with E-state index in [4.69, 9.17) is 10.2 Å². The molecule has 0 saturated heterocycles. The fourth-order valence-corrected chi connectivity index (χ4v) is 8.71. The van der Waals surface area contributed by atoms with Gasteiger partial charge in [-0.15, -0.1) is 45.3 Å². The first-order valence-corrected chi connectivity index (χ1v) is 19.6. The van der Waals surface area contributed by atoms with Crippen LogP contribution in [0.25, 0.3) is 0 Å². The second-order valence-corrected chi connectivity index (χ2v) is 17.6. The number of aromatic carboxylic acids is 2. The maximum Gasteiger partial charge on any atom is 1.00 e. The molecule has 0 aliphatic rings. The molecule has 4 rings (SSSR count). The van der Waals surface area contributed by atoms with Crippen LogP contribution < -0.4 is 29.6 Å². The SMILES string of the molecule is COC(=O)c1sc(S(C)(=O)=O)cc1C.COC(=O)c1sccc1C.Cc1cc(S(C)(=O)=O)sc1C(=O)O.Cc1ccsc1C(=O)O.[Na+].[OH-]. The number of carbonyl (C=O) groups is 4. The number of esters is 2. The van der Waals surface area contributed by atoms with Crippen LogP contribution in [0.4, 0.5) is 0 Å². The summed E-state index contributed by atoms with van der Waals surface area (Å²) in [7, 11) is -3.86. The van der Waals surface area contributed by atoms with Crippen molar-refractivity contribution in [2.45, 2.75) is 36.1 Å². The molecule has 20 heteroatoms. The first-order chi connectivity index (χ1) is 21.1. The van der Waals surface area contributed by atoms with Crippen LogP contribution in [0.15, 0.2) is 43.4 Å². The van der Waals surface area contributed by atoms with Crippen molar-refractivity contribution in [1.29, 1.82) is 0 Å². The smallest absolute Gasteiger partial charge is 0.870 e. The summed E-state index contributed by atoms with van der Waals surface area (Å²) in [5.74, 6) is -2.66. The topological polar surface area (TPSA) is 225 Å². The molecular formula is C28H33NaO13S6. The number of hydrogen-bond acceptors (Lipinski definition) is 15. The van der Waals surface area contributed by atoms with Crippen molar-refractivity contribution in [2.75, 3.05) is 26.7 Å². The Balaban J connectivity index is 0. The number of ether oxygens (including phenoxy) is 2. The summed E-state index contributed by atoms with van der Waals surface area (Å²) in [5.41, 5.74) is 2.93. The summed E-state index contributed by atoms with van der Waals surface area (Å²) in [6.07, 6.45) is 2.17. The zero-order valence-corrected chi connectivity index (χ0v) is 34.2. The molecule has 4 aromatic heterocycles. The molecule has 0 spiro atoms. The molecule has 0 aromatic carbocycles. The third kappa shape index (κ3) is 14.6. The average molecular weight is 793 g/mol. The Morgan fingerprint density at radius 2 is 0.938 bits per heavy atom. The summed E-state index contributed by atoms with van der Waals surface area (Å²) in [6, 6.07) is 6.56. The summed E-state index contributed by atoms with van der Waals surface area (Å²) in [5, 5.41) is 20.8. The molecule has 0 unspecified atom stereocenters. The second-order valence-electron chi connectivity index (χ2n) is 9.16. The van der Waals surface area contributed by atoms with Crippen molar-refractivity contribution in [1.82, 2.24) is 0 Å². The van der Waals surface area contributed by atoms with Crippen molar-refractivity contribution >= 4 is 88.9 Å². The van der Waals surface area contributed by atoms with E-state index in [2.05, 4.69) is 9.47 Å². The number of aryl methyl sites for hydroxylation is 4. The third-order valence-corrected chi connectivity index (χ3v) is 13.4. The standard InChI is InChI=1S/C8H10O4S2.C7H8O4S2.C7H8O2S.C6H6O2S.Na.H2O/c1-5-4-6(14(3,10)11)13-7(5)8(9)12-2;1-4-3-5(13(2,10)11)12-6(4)7(8)9;1-5-3-4-10-6(5)7(8)9-2;1-4-2-3-9-5(4)6(7)8;;/h4H,1-3H3;3H,1-2H3,(H,8,9);3-4H,1-2H3;2-3H,1H3,(H,7,8);;1H2/q;;;;+1;/p-1. The van der Waals surface area contributed by atoms with Gasteiger partial charge in [-0.1, -0.05) is 0 Å². The van der Waals surface area contributed by atoms with Gasteiger partial charge in [0, 0.05) is 12.5 Å². The molecule has 3 N–H and O–H groups in total. The molecule has 4 heterocycles. The van der Waals surface area contributed by atoms with E-state index in [0.717, 1.165) is 46.3 Å². The number of carboxylic acid groups (broad SMARTS) is 2. The van der Waals surface area contributed by atoms with E-state index >= 15 is 0 Å². The molecule has 13 nitrogen and oxygen atoms in total. The molecule has 0 fully saturated rings. The summed E-state index contributed by atoms with van der Waals surface area (Å²) in [6.45, 7) is 6.94. The maximum absolute atomic E-state index is 11.2. The maximum atomic E-state index is 11.2. The molecule has 48 heavy (non-hydrogen) atoms. The van der Waals surface area contributed by atoms with Gasteiger partial charge in [0.2, 0.25) is 0 Å². The van der Waals surface area contributed by atoms with E-state index in [-0.39, 0.29) is 54.3 Å².